The first-order chi connectivity index (χ1) is 8.95. The molecule has 1 rings (SSSR count). The molecule has 0 aromatic heterocycles. The van der Waals surface area contributed by atoms with Crippen LogP contribution in [-0.4, -0.2) is 38.2 Å². The van der Waals surface area contributed by atoms with Gasteiger partial charge in [0.25, 0.3) is 0 Å². The highest BCUT2D eigenvalue weighted by molar-refractivity contribution is 5.43. The number of hydrogen-bond acceptors (Lipinski definition) is 3. The Hall–Kier alpha value is -1.06. The van der Waals surface area contributed by atoms with Crippen LogP contribution in [0, 0.1) is 13.8 Å². The smallest absolute Gasteiger partial charge is 0.122 e. The molecule has 0 fully saturated rings. The largest absolute Gasteiger partial charge is 0.496 e. The minimum atomic E-state index is 0.554. The van der Waals surface area contributed by atoms with Crippen LogP contribution in [0.4, 0.5) is 0 Å². The molecule has 19 heavy (non-hydrogen) atoms. The molecule has 0 atom stereocenters. The fourth-order valence-corrected chi connectivity index (χ4v) is 2.16. The van der Waals surface area contributed by atoms with Gasteiger partial charge in [-0.05, 0) is 43.7 Å². The van der Waals surface area contributed by atoms with Crippen LogP contribution in [0.3, 0.4) is 0 Å². The van der Waals surface area contributed by atoms with E-state index in [1.165, 1.54) is 16.7 Å². The third-order valence-corrected chi connectivity index (χ3v) is 3.56. The Balaban J connectivity index is 2.59. The quantitative estimate of drug-likeness (QED) is 0.819. The van der Waals surface area contributed by atoms with Gasteiger partial charge in [-0.25, -0.2) is 0 Å². The van der Waals surface area contributed by atoms with Crippen LogP contribution in [-0.2, 0) is 6.54 Å². The molecule has 3 heteroatoms. The Bertz CT molecular complexity index is 402. The van der Waals surface area contributed by atoms with Crippen molar-refractivity contribution in [2.75, 3.05) is 27.2 Å². The van der Waals surface area contributed by atoms with Crippen LogP contribution < -0.4 is 10.1 Å². The molecule has 0 aliphatic carbocycles. The van der Waals surface area contributed by atoms with Crippen LogP contribution in [0.2, 0.25) is 0 Å². The molecule has 1 aromatic rings. The zero-order chi connectivity index (χ0) is 14.4. The van der Waals surface area contributed by atoms with E-state index in [0.717, 1.165) is 25.4 Å². The van der Waals surface area contributed by atoms with E-state index in [0.29, 0.717) is 6.04 Å². The summed E-state index contributed by atoms with van der Waals surface area (Å²) in [7, 11) is 3.90. The number of ether oxygens (including phenoxy) is 1. The van der Waals surface area contributed by atoms with Crippen molar-refractivity contribution in [2.24, 2.45) is 0 Å². The lowest BCUT2D eigenvalue weighted by Gasteiger charge is -2.20. The van der Waals surface area contributed by atoms with Gasteiger partial charge in [-0.1, -0.05) is 19.9 Å². The molecule has 3 nitrogen and oxygen atoms in total. The van der Waals surface area contributed by atoms with Crippen molar-refractivity contribution in [2.45, 2.75) is 40.3 Å². The summed E-state index contributed by atoms with van der Waals surface area (Å²) < 4.78 is 5.35. The summed E-state index contributed by atoms with van der Waals surface area (Å²) in [6.07, 6.45) is 0. The van der Waals surface area contributed by atoms with Gasteiger partial charge in [0, 0.05) is 25.7 Å². The summed E-state index contributed by atoms with van der Waals surface area (Å²) in [4.78, 5) is 2.35. The Morgan fingerprint density at radius 3 is 2.47 bits per heavy atom. The summed E-state index contributed by atoms with van der Waals surface area (Å²) in [5, 5.41) is 3.44. The standard InChI is InChI=1S/C16H28N2O/c1-12(2)17-9-10-18(5)11-15-7-8-16(19-6)14(4)13(15)3/h7-8,12,17H,9-11H2,1-6H3. The van der Waals surface area contributed by atoms with E-state index >= 15 is 0 Å². The number of nitrogens with zero attached hydrogens (tertiary/aromatic N) is 1. The van der Waals surface area contributed by atoms with Crippen LogP contribution in [0.25, 0.3) is 0 Å². The molecule has 0 spiro atoms. The summed E-state index contributed by atoms with van der Waals surface area (Å²) in [5.41, 5.74) is 3.96. The second kappa shape index (κ2) is 7.51. The number of hydrogen-bond donors (Lipinski definition) is 1. The van der Waals surface area contributed by atoms with E-state index < -0.39 is 0 Å². The second-order valence-electron chi connectivity index (χ2n) is 5.52. The lowest BCUT2D eigenvalue weighted by atomic mass is 10.0. The van der Waals surface area contributed by atoms with Gasteiger partial charge in [0.15, 0.2) is 0 Å². The van der Waals surface area contributed by atoms with Crippen molar-refractivity contribution < 1.29 is 4.74 Å². The summed E-state index contributed by atoms with van der Waals surface area (Å²) in [5.74, 6) is 0.977. The predicted octanol–water partition coefficient (Wildman–Crippen LogP) is 2.74. The maximum Gasteiger partial charge on any atom is 0.122 e. The Labute approximate surface area is 118 Å². The molecular weight excluding hydrogens is 236 g/mol. The first-order valence-electron chi connectivity index (χ1n) is 7.00. The van der Waals surface area contributed by atoms with Gasteiger partial charge in [-0.2, -0.15) is 0 Å². The predicted molar refractivity (Wildman–Crippen MR) is 81.9 cm³/mol. The third kappa shape index (κ3) is 4.84. The van der Waals surface area contributed by atoms with Gasteiger partial charge >= 0.3 is 0 Å². The van der Waals surface area contributed by atoms with Crippen LogP contribution in [0.1, 0.15) is 30.5 Å². The van der Waals surface area contributed by atoms with Crippen LogP contribution in [0.15, 0.2) is 12.1 Å². The van der Waals surface area contributed by atoms with Crippen molar-refractivity contribution >= 4 is 0 Å². The Morgan fingerprint density at radius 2 is 1.89 bits per heavy atom. The third-order valence-electron chi connectivity index (χ3n) is 3.56. The molecule has 0 heterocycles. The highest BCUT2D eigenvalue weighted by Crippen LogP contribution is 2.24. The van der Waals surface area contributed by atoms with Gasteiger partial charge < -0.3 is 15.0 Å². The molecular formula is C16H28N2O. The normalized spacial score (nSPS) is 11.4. The topological polar surface area (TPSA) is 24.5 Å². The first-order valence-corrected chi connectivity index (χ1v) is 7.00. The monoisotopic (exact) mass is 264 g/mol. The van der Waals surface area contributed by atoms with E-state index in [2.05, 4.69) is 57.1 Å². The number of rotatable bonds is 7. The molecule has 0 aliphatic heterocycles. The highest BCUT2D eigenvalue weighted by atomic mass is 16.5. The van der Waals surface area contributed by atoms with Crippen molar-refractivity contribution in [1.82, 2.24) is 10.2 Å². The average molecular weight is 264 g/mol. The summed E-state index contributed by atoms with van der Waals surface area (Å²) in [6.45, 7) is 11.7. The zero-order valence-corrected chi connectivity index (χ0v) is 13.2. The van der Waals surface area contributed by atoms with Gasteiger partial charge in [0.05, 0.1) is 7.11 Å². The van der Waals surface area contributed by atoms with Gasteiger partial charge in [-0.3, -0.25) is 0 Å². The molecule has 0 radical (unpaired) electrons. The molecule has 1 N–H and O–H groups in total. The maximum atomic E-state index is 5.35. The molecule has 0 amide bonds. The summed E-state index contributed by atoms with van der Waals surface area (Å²) >= 11 is 0. The molecule has 0 saturated heterocycles. The average Bonchev–Trinajstić information content (AvgIpc) is 2.35. The highest BCUT2D eigenvalue weighted by Gasteiger charge is 2.08. The van der Waals surface area contributed by atoms with Gasteiger partial charge in [0.1, 0.15) is 5.75 Å². The summed E-state index contributed by atoms with van der Waals surface area (Å²) in [6, 6.07) is 4.80. The lowest BCUT2D eigenvalue weighted by molar-refractivity contribution is 0.319. The van der Waals surface area contributed by atoms with E-state index in [4.69, 9.17) is 4.74 Å². The fraction of sp³-hybridized carbons (Fsp3) is 0.625. The molecule has 0 bridgehead atoms. The molecule has 0 saturated carbocycles. The second-order valence-corrected chi connectivity index (χ2v) is 5.52. The van der Waals surface area contributed by atoms with E-state index in [9.17, 15) is 0 Å². The molecule has 1 aromatic carbocycles. The Morgan fingerprint density at radius 1 is 1.21 bits per heavy atom. The van der Waals surface area contributed by atoms with Gasteiger partial charge in [-0.15, -0.1) is 0 Å². The zero-order valence-electron chi connectivity index (χ0n) is 13.2. The minimum absolute atomic E-state index is 0.554. The van der Waals surface area contributed by atoms with Gasteiger partial charge in [0.2, 0.25) is 0 Å². The maximum absolute atomic E-state index is 5.35. The number of likely N-dealkylation sites (N-methyl/N-ethyl adjacent to an activating group) is 1. The molecule has 108 valence electrons. The van der Waals surface area contributed by atoms with Crippen molar-refractivity contribution in [1.29, 1.82) is 0 Å². The van der Waals surface area contributed by atoms with Crippen molar-refractivity contribution in [3.63, 3.8) is 0 Å². The molecule has 0 unspecified atom stereocenters. The van der Waals surface area contributed by atoms with E-state index in [1.54, 1.807) is 7.11 Å². The Kier molecular flexibility index (Phi) is 6.32. The van der Waals surface area contributed by atoms with E-state index in [-0.39, 0.29) is 0 Å². The first kappa shape index (κ1) is 16.0. The van der Waals surface area contributed by atoms with Crippen molar-refractivity contribution in [3.8, 4) is 5.75 Å². The SMILES string of the molecule is COc1ccc(CN(C)CCNC(C)C)c(C)c1C. The van der Waals surface area contributed by atoms with Crippen LogP contribution >= 0.6 is 0 Å². The van der Waals surface area contributed by atoms with Crippen molar-refractivity contribution in [3.05, 3.63) is 28.8 Å². The molecule has 0 aliphatic rings. The minimum Gasteiger partial charge on any atom is -0.496 e. The fourth-order valence-electron chi connectivity index (χ4n) is 2.16. The van der Waals surface area contributed by atoms with E-state index in [1.807, 2.05) is 0 Å². The number of methoxy groups -OCH3 is 1. The number of benzene rings is 1. The van der Waals surface area contributed by atoms with Crippen LogP contribution in [0.5, 0.6) is 5.75 Å². The lowest BCUT2D eigenvalue weighted by Crippen LogP contribution is -2.32. The number of nitrogens with one attached hydrogen (secondary N) is 1.